The van der Waals surface area contributed by atoms with Gasteiger partial charge in [-0.2, -0.15) is 0 Å². The molecule has 0 saturated carbocycles. The molecule has 0 aromatic heterocycles. The maximum Gasteiger partial charge on any atom is 0.305 e. The molecule has 0 aliphatic rings. The number of aliphatic hydroxyl groups excluding tert-OH is 2. The van der Waals surface area contributed by atoms with Crippen molar-refractivity contribution in [2.45, 2.75) is 353 Å². The largest absolute Gasteiger partial charge is 0.466 e. The van der Waals surface area contributed by atoms with Gasteiger partial charge >= 0.3 is 5.97 Å². The second kappa shape index (κ2) is 62.4. The summed E-state index contributed by atoms with van der Waals surface area (Å²) in [5, 5.41) is 23.1. The fourth-order valence-electron chi connectivity index (χ4n) is 9.82. The zero-order chi connectivity index (χ0) is 52.9. The number of hydrogen-bond donors (Lipinski definition) is 3. The maximum atomic E-state index is 12.4. The van der Waals surface area contributed by atoms with Gasteiger partial charge < -0.3 is 20.3 Å². The zero-order valence-electron chi connectivity index (χ0n) is 48.9. The Morgan fingerprint density at radius 1 is 0.384 bits per heavy atom. The summed E-state index contributed by atoms with van der Waals surface area (Å²) in [5.41, 5.74) is 0. The molecule has 6 nitrogen and oxygen atoms in total. The lowest BCUT2D eigenvalue weighted by molar-refractivity contribution is -0.143. The van der Waals surface area contributed by atoms with Gasteiger partial charge in [0, 0.05) is 12.8 Å². The molecule has 0 fully saturated rings. The Morgan fingerprint density at radius 3 is 1.10 bits per heavy atom. The van der Waals surface area contributed by atoms with Crippen LogP contribution < -0.4 is 5.32 Å². The Hall–Kier alpha value is -2.18. The molecule has 2 unspecified atom stereocenters. The first-order chi connectivity index (χ1) is 36.0. The number of esters is 1. The molecule has 1 amide bonds. The van der Waals surface area contributed by atoms with E-state index >= 15 is 0 Å². The predicted octanol–water partition coefficient (Wildman–Crippen LogP) is 20.5. The van der Waals surface area contributed by atoms with E-state index < -0.39 is 12.1 Å². The highest BCUT2D eigenvalue weighted by molar-refractivity contribution is 5.76. The molecule has 428 valence electrons. The minimum Gasteiger partial charge on any atom is -0.466 e. The SMILES string of the molecule is CCCC/C=C\CCCCCCCC(=O)OCCCCCCCCCCC/C=C\C/C=C\CCCCCCCCCCCCCCCCCCCC(=O)NC(CO)C(O)/C=C/CCCCCCCCCCCC. The van der Waals surface area contributed by atoms with E-state index in [1.807, 2.05) is 6.08 Å². The molecule has 3 N–H and O–H groups in total. The molecule has 73 heavy (non-hydrogen) atoms. The number of aliphatic hydroxyl groups is 2. The molecule has 6 heteroatoms. The second-order valence-corrected chi connectivity index (χ2v) is 22.1. The van der Waals surface area contributed by atoms with Gasteiger partial charge in [0.15, 0.2) is 0 Å². The third kappa shape index (κ3) is 58.9. The molecule has 2 atom stereocenters. The molecule has 0 aliphatic heterocycles. The van der Waals surface area contributed by atoms with Gasteiger partial charge in [-0.05, 0) is 83.5 Å². The standard InChI is InChI=1S/C67H125NO5/c1-3-5-7-9-11-13-15-40-43-47-51-55-59-65(70)64(63-69)68-66(71)60-56-52-48-44-41-37-35-33-31-29-27-25-23-21-19-17-16-18-20-22-24-26-28-30-32-34-36-38-42-46-50-54-58-62-73-67(72)61-57-53-49-45-39-14-12-10-8-6-4-2/h10,12,20,22,26,28,55,59,64-65,69-70H,3-9,11,13-19,21,23-25,27,29-54,56-58,60-63H2,1-2H3,(H,68,71)/b12-10-,22-20-,28-26-,59-55+. The van der Waals surface area contributed by atoms with E-state index in [0.29, 0.717) is 19.4 Å². The van der Waals surface area contributed by atoms with Crippen LogP contribution in [0.4, 0.5) is 0 Å². The fourth-order valence-corrected chi connectivity index (χ4v) is 9.82. The maximum absolute atomic E-state index is 12.4. The van der Waals surface area contributed by atoms with Crippen LogP contribution >= 0.6 is 0 Å². The molecule has 0 aromatic rings. The molecule has 0 saturated heterocycles. The van der Waals surface area contributed by atoms with E-state index in [0.717, 1.165) is 51.4 Å². The van der Waals surface area contributed by atoms with Crippen LogP contribution in [-0.4, -0.2) is 47.4 Å². The summed E-state index contributed by atoms with van der Waals surface area (Å²) in [6.45, 7) is 4.86. The van der Waals surface area contributed by atoms with Gasteiger partial charge in [0.05, 0.1) is 25.4 Å². The van der Waals surface area contributed by atoms with Crippen molar-refractivity contribution in [1.82, 2.24) is 5.32 Å². The Labute approximate surface area is 455 Å². The second-order valence-electron chi connectivity index (χ2n) is 22.1. The van der Waals surface area contributed by atoms with Crippen LogP contribution in [0.15, 0.2) is 48.6 Å². The third-order valence-electron chi connectivity index (χ3n) is 14.8. The lowest BCUT2D eigenvalue weighted by Crippen LogP contribution is -2.45. The van der Waals surface area contributed by atoms with Crippen LogP contribution in [0.25, 0.3) is 0 Å². The lowest BCUT2D eigenvalue weighted by atomic mass is 10.0. The number of hydrogen-bond acceptors (Lipinski definition) is 5. The van der Waals surface area contributed by atoms with Crippen LogP contribution in [0.2, 0.25) is 0 Å². The summed E-state index contributed by atoms with van der Waals surface area (Å²) >= 11 is 0. The molecule has 0 rings (SSSR count). The van der Waals surface area contributed by atoms with E-state index in [-0.39, 0.29) is 18.5 Å². The van der Waals surface area contributed by atoms with Crippen molar-refractivity contribution in [2.75, 3.05) is 13.2 Å². The number of unbranched alkanes of at least 4 members (excludes halogenated alkanes) is 43. The normalized spacial score (nSPS) is 12.9. The van der Waals surface area contributed by atoms with Gasteiger partial charge in [-0.25, -0.2) is 0 Å². The Kier molecular flexibility index (Phi) is 60.5. The minimum atomic E-state index is -0.842. The Balaban J connectivity index is 3.39. The smallest absolute Gasteiger partial charge is 0.305 e. The highest BCUT2D eigenvalue weighted by Crippen LogP contribution is 2.17. The number of carbonyl (C=O) groups excluding carboxylic acids is 2. The molecule has 0 aromatic carbocycles. The number of allylic oxidation sites excluding steroid dienone is 7. The monoisotopic (exact) mass is 1020 g/mol. The lowest BCUT2D eigenvalue weighted by Gasteiger charge is -2.20. The molecule has 0 aliphatic carbocycles. The minimum absolute atomic E-state index is 0.00244. The van der Waals surface area contributed by atoms with Gasteiger partial charge in [-0.1, -0.05) is 294 Å². The van der Waals surface area contributed by atoms with E-state index in [1.165, 1.54) is 263 Å². The van der Waals surface area contributed by atoms with Gasteiger partial charge in [0.1, 0.15) is 0 Å². The first-order valence-electron chi connectivity index (χ1n) is 32.4. The first kappa shape index (κ1) is 70.8. The average molecular weight is 1020 g/mol. The van der Waals surface area contributed by atoms with E-state index in [4.69, 9.17) is 4.74 Å². The van der Waals surface area contributed by atoms with Crippen molar-refractivity contribution in [3.8, 4) is 0 Å². The first-order valence-corrected chi connectivity index (χ1v) is 32.4. The van der Waals surface area contributed by atoms with Gasteiger partial charge in [0.25, 0.3) is 0 Å². The van der Waals surface area contributed by atoms with Crippen molar-refractivity contribution in [1.29, 1.82) is 0 Å². The molecule has 0 spiro atoms. The van der Waals surface area contributed by atoms with Crippen LogP contribution in [0.3, 0.4) is 0 Å². The molecule has 0 bridgehead atoms. The quantitative estimate of drug-likeness (QED) is 0.0320. The summed E-state index contributed by atoms with van der Waals surface area (Å²) in [5.74, 6) is -0.0638. The van der Waals surface area contributed by atoms with Crippen molar-refractivity contribution < 1.29 is 24.5 Å². The summed E-state index contributed by atoms with van der Waals surface area (Å²) in [4.78, 5) is 24.4. The summed E-state index contributed by atoms with van der Waals surface area (Å²) < 4.78 is 5.46. The summed E-state index contributed by atoms with van der Waals surface area (Å²) in [6.07, 6.45) is 80.4. The number of rotatable bonds is 60. The van der Waals surface area contributed by atoms with Gasteiger partial charge in [-0.3, -0.25) is 9.59 Å². The Bertz CT molecular complexity index is 1230. The number of ether oxygens (including phenoxy) is 1. The van der Waals surface area contributed by atoms with Crippen molar-refractivity contribution in [2.24, 2.45) is 0 Å². The van der Waals surface area contributed by atoms with Crippen molar-refractivity contribution >= 4 is 11.9 Å². The predicted molar refractivity (Wildman–Crippen MR) is 319 cm³/mol. The third-order valence-corrected chi connectivity index (χ3v) is 14.8. The number of amides is 1. The van der Waals surface area contributed by atoms with E-state index in [1.54, 1.807) is 6.08 Å². The highest BCUT2D eigenvalue weighted by atomic mass is 16.5. The molecular formula is C67H125NO5. The molecule has 0 radical (unpaired) electrons. The van der Waals surface area contributed by atoms with E-state index in [9.17, 15) is 19.8 Å². The van der Waals surface area contributed by atoms with Crippen LogP contribution in [-0.2, 0) is 14.3 Å². The van der Waals surface area contributed by atoms with Crippen molar-refractivity contribution in [3.63, 3.8) is 0 Å². The summed E-state index contributed by atoms with van der Waals surface area (Å²) in [7, 11) is 0. The van der Waals surface area contributed by atoms with Crippen LogP contribution in [0.5, 0.6) is 0 Å². The van der Waals surface area contributed by atoms with Crippen molar-refractivity contribution in [3.05, 3.63) is 48.6 Å². The average Bonchev–Trinajstić information content (AvgIpc) is 3.39. The number of carbonyl (C=O) groups is 2. The van der Waals surface area contributed by atoms with Crippen LogP contribution in [0.1, 0.15) is 341 Å². The molecule has 0 heterocycles. The van der Waals surface area contributed by atoms with Gasteiger partial charge in [-0.15, -0.1) is 0 Å². The topological polar surface area (TPSA) is 95.9 Å². The van der Waals surface area contributed by atoms with Gasteiger partial charge in [0.2, 0.25) is 5.91 Å². The molecular weight excluding hydrogens is 899 g/mol. The van der Waals surface area contributed by atoms with Crippen LogP contribution in [0, 0.1) is 0 Å². The van der Waals surface area contributed by atoms with E-state index in [2.05, 4.69) is 55.6 Å². The number of nitrogens with one attached hydrogen (secondary N) is 1. The zero-order valence-corrected chi connectivity index (χ0v) is 48.9. The summed E-state index contributed by atoms with van der Waals surface area (Å²) in [6, 6.07) is -0.626. The highest BCUT2D eigenvalue weighted by Gasteiger charge is 2.18. The Morgan fingerprint density at radius 2 is 0.699 bits per heavy atom. The fraction of sp³-hybridized carbons (Fsp3) is 0.851.